The third kappa shape index (κ3) is 0.439. The van der Waals surface area contributed by atoms with Crippen LogP contribution in [-0.2, 0) is 0 Å². The van der Waals surface area contributed by atoms with Crippen LogP contribution < -0.4 is 11.6 Å². The largest absolute Gasteiger partial charge is 0.368 e. The Balaban J connectivity index is 2.98. The first-order valence-corrected chi connectivity index (χ1v) is 2.84. The van der Waals surface area contributed by atoms with E-state index in [9.17, 15) is 0 Å². The van der Waals surface area contributed by atoms with Gasteiger partial charge in [0.05, 0.1) is 11.7 Å². The Morgan fingerprint density at radius 2 is 2.30 bits per heavy atom. The Kier molecular flexibility index (Phi) is 0.743. The van der Waals surface area contributed by atoms with Crippen LogP contribution in [0, 0.1) is 0 Å². The predicted molar refractivity (Wildman–Crippen MR) is 37.7 cm³/mol. The molecule has 0 spiro atoms. The molecule has 0 bridgehead atoms. The van der Waals surface area contributed by atoms with Gasteiger partial charge in [-0.3, -0.25) is 0 Å². The summed E-state index contributed by atoms with van der Waals surface area (Å²) in [6, 6.07) is 1.84. The first-order chi connectivity index (χ1) is 4.79. The van der Waals surface area contributed by atoms with Gasteiger partial charge in [0, 0.05) is 6.20 Å². The van der Waals surface area contributed by atoms with Crippen LogP contribution in [0.2, 0.25) is 0 Å². The molecule has 0 aliphatic heterocycles. The highest BCUT2D eigenvalue weighted by Gasteiger charge is 2.00. The molecule has 5 nitrogen and oxygen atoms in total. The summed E-state index contributed by atoms with van der Waals surface area (Å²) in [4.78, 5) is 5.24. The smallest absolute Gasteiger partial charge is 0.221 e. The lowest BCUT2D eigenvalue weighted by molar-refractivity contribution is 0.766. The molecule has 0 amide bonds. The van der Waals surface area contributed by atoms with Gasteiger partial charge in [0.25, 0.3) is 0 Å². The summed E-state index contributed by atoms with van der Waals surface area (Å²) >= 11 is 0. The van der Waals surface area contributed by atoms with Crippen LogP contribution in [-0.4, -0.2) is 14.3 Å². The Hall–Kier alpha value is -1.65. The first-order valence-electron chi connectivity index (χ1n) is 2.84. The van der Waals surface area contributed by atoms with Crippen LogP contribution in [0.3, 0.4) is 0 Å². The summed E-state index contributed by atoms with van der Waals surface area (Å²) in [6.45, 7) is 0. The van der Waals surface area contributed by atoms with E-state index in [1.165, 1.54) is 4.79 Å². The lowest BCUT2D eigenvalue weighted by Gasteiger charge is -1.95. The molecule has 0 saturated heterocycles. The van der Waals surface area contributed by atoms with E-state index in [4.69, 9.17) is 11.6 Å². The summed E-state index contributed by atoms with van der Waals surface area (Å²) in [5, 5.41) is 0. The maximum atomic E-state index is 5.48. The molecular formula is C5H7N5. The van der Waals surface area contributed by atoms with E-state index in [-0.39, 0.29) is 0 Å². The zero-order valence-electron chi connectivity index (χ0n) is 5.23. The van der Waals surface area contributed by atoms with Crippen molar-refractivity contribution < 1.29 is 0 Å². The minimum Gasteiger partial charge on any atom is -0.368 e. The van der Waals surface area contributed by atoms with Gasteiger partial charge in [0.2, 0.25) is 5.95 Å². The van der Waals surface area contributed by atoms with Crippen LogP contribution in [0.25, 0.3) is 5.52 Å². The summed E-state index contributed by atoms with van der Waals surface area (Å²) in [7, 11) is 0. The highest BCUT2D eigenvalue weighted by molar-refractivity contribution is 5.49. The van der Waals surface area contributed by atoms with Crippen molar-refractivity contribution in [1.82, 2.24) is 14.3 Å². The van der Waals surface area contributed by atoms with Gasteiger partial charge in [-0.05, 0) is 6.07 Å². The number of imidazole rings is 1. The second kappa shape index (κ2) is 1.44. The molecule has 0 saturated carbocycles. The van der Waals surface area contributed by atoms with Crippen molar-refractivity contribution in [1.29, 1.82) is 0 Å². The van der Waals surface area contributed by atoms with Crippen molar-refractivity contribution in [2.75, 3.05) is 11.6 Å². The normalized spacial score (nSPS) is 10.8. The average Bonchev–Trinajstić information content (AvgIpc) is 2.40. The molecule has 0 unspecified atom stereocenters. The van der Waals surface area contributed by atoms with E-state index in [1.807, 2.05) is 6.07 Å². The van der Waals surface area contributed by atoms with E-state index in [0.717, 1.165) is 5.52 Å². The Morgan fingerprint density at radius 3 is 3.00 bits per heavy atom. The molecule has 0 atom stereocenters. The quantitative estimate of drug-likeness (QED) is 0.477. The average molecular weight is 137 g/mol. The van der Waals surface area contributed by atoms with Crippen molar-refractivity contribution in [3.63, 3.8) is 0 Å². The SMILES string of the molecule is Nc1ncc2ccn(N)n12. The van der Waals surface area contributed by atoms with Crippen molar-refractivity contribution >= 4 is 11.5 Å². The van der Waals surface area contributed by atoms with Crippen LogP contribution in [0.15, 0.2) is 18.5 Å². The third-order valence-electron chi connectivity index (χ3n) is 1.42. The minimum atomic E-state index is 0.405. The fourth-order valence-corrected chi connectivity index (χ4v) is 0.959. The molecular weight excluding hydrogens is 130 g/mol. The molecule has 0 aromatic carbocycles. The molecule has 0 aliphatic rings. The summed E-state index contributed by atoms with van der Waals surface area (Å²) in [5.74, 6) is 5.89. The van der Waals surface area contributed by atoms with Crippen molar-refractivity contribution in [2.24, 2.45) is 0 Å². The van der Waals surface area contributed by atoms with Gasteiger partial charge in [-0.15, -0.1) is 0 Å². The van der Waals surface area contributed by atoms with Crippen molar-refractivity contribution in [3.8, 4) is 0 Å². The number of nitrogens with zero attached hydrogens (tertiary/aromatic N) is 3. The first kappa shape index (κ1) is 5.16. The molecule has 0 radical (unpaired) electrons. The second-order valence-corrected chi connectivity index (χ2v) is 2.05. The number of hydrogen-bond donors (Lipinski definition) is 2. The fraction of sp³-hybridized carbons (Fsp3) is 0. The Labute approximate surface area is 56.8 Å². The number of anilines is 1. The van der Waals surface area contributed by atoms with E-state index >= 15 is 0 Å². The summed E-state index contributed by atoms with van der Waals surface area (Å²) in [5.41, 5.74) is 6.38. The zero-order chi connectivity index (χ0) is 7.14. The molecule has 2 aromatic rings. The van der Waals surface area contributed by atoms with Gasteiger partial charge < -0.3 is 11.6 Å². The molecule has 52 valence electrons. The number of hydrogen-bond acceptors (Lipinski definition) is 3. The number of nitrogen functional groups attached to an aromatic ring is 2. The standard InChI is InChI=1S/C5H7N5/c6-5-8-3-4-1-2-9(7)10(4)5/h1-3H,7H2,(H2,6,8). The second-order valence-electron chi connectivity index (χ2n) is 2.05. The lowest BCUT2D eigenvalue weighted by atomic mass is 10.6. The predicted octanol–water partition coefficient (Wildman–Crippen LogP) is -0.568. The maximum absolute atomic E-state index is 5.48. The van der Waals surface area contributed by atoms with Crippen LogP contribution in [0.5, 0.6) is 0 Å². The minimum absolute atomic E-state index is 0.405. The topological polar surface area (TPSA) is 74.3 Å². The monoisotopic (exact) mass is 137 g/mol. The van der Waals surface area contributed by atoms with Gasteiger partial charge >= 0.3 is 0 Å². The van der Waals surface area contributed by atoms with E-state index in [1.54, 1.807) is 16.9 Å². The van der Waals surface area contributed by atoms with Crippen LogP contribution >= 0.6 is 0 Å². The molecule has 2 rings (SSSR count). The zero-order valence-corrected chi connectivity index (χ0v) is 5.23. The molecule has 0 aliphatic carbocycles. The van der Waals surface area contributed by atoms with Crippen LogP contribution in [0.4, 0.5) is 5.95 Å². The van der Waals surface area contributed by atoms with E-state index in [0.29, 0.717) is 5.95 Å². The van der Waals surface area contributed by atoms with Crippen molar-refractivity contribution in [3.05, 3.63) is 18.5 Å². The van der Waals surface area contributed by atoms with Crippen LogP contribution in [0.1, 0.15) is 0 Å². The van der Waals surface area contributed by atoms with E-state index in [2.05, 4.69) is 4.98 Å². The number of rotatable bonds is 0. The molecule has 10 heavy (non-hydrogen) atoms. The maximum Gasteiger partial charge on any atom is 0.221 e. The molecule has 4 N–H and O–H groups in total. The number of nitrogens with two attached hydrogens (primary N) is 2. The van der Waals surface area contributed by atoms with Gasteiger partial charge in [0.1, 0.15) is 0 Å². The molecule has 0 fully saturated rings. The van der Waals surface area contributed by atoms with Gasteiger partial charge in [-0.2, -0.15) is 0 Å². The molecule has 5 heteroatoms. The lowest BCUT2D eigenvalue weighted by Crippen LogP contribution is -2.14. The van der Waals surface area contributed by atoms with E-state index < -0.39 is 0 Å². The molecule has 2 aromatic heterocycles. The highest BCUT2D eigenvalue weighted by atomic mass is 15.5. The summed E-state index contributed by atoms with van der Waals surface area (Å²) < 4.78 is 1.61. The highest BCUT2D eigenvalue weighted by Crippen LogP contribution is 2.05. The van der Waals surface area contributed by atoms with Gasteiger partial charge in [-0.1, -0.05) is 0 Å². The summed E-state index contributed by atoms with van der Waals surface area (Å²) in [6.07, 6.45) is 3.38. The Morgan fingerprint density at radius 1 is 1.50 bits per heavy atom. The van der Waals surface area contributed by atoms with Gasteiger partial charge in [-0.25, -0.2) is 14.3 Å². The third-order valence-corrected chi connectivity index (χ3v) is 1.42. The fourth-order valence-electron chi connectivity index (χ4n) is 0.959. The molecule has 2 heterocycles. The number of aromatic nitrogens is 3. The van der Waals surface area contributed by atoms with Gasteiger partial charge in [0.15, 0.2) is 0 Å². The van der Waals surface area contributed by atoms with Crippen molar-refractivity contribution in [2.45, 2.75) is 0 Å². The number of fused-ring (bicyclic) bond motifs is 1. The Bertz CT molecular complexity index is 325.